The molecule has 13 atom stereocenters. The van der Waals surface area contributed by atoms with Crippen LogP contribution in [0.3, 0.4) is 0 Å². The number of nitrogens with two attached hydrogens (primary N) is 1. The van der Waals surface area contributed by atoms with E-state index in [2.05, 4.69) is 11.4 Å². The maximum atomic E-state index is 12.8. The molecule has 4 aliphatic rings. The van der Waals surface area contributed by atoms with Gasteiger partial charge >= 0.3 is 0 Å². The topological polar surface area (TPSA) is 241 Å². The lowest BCUT2D eigenvalue weighted by molar-refractivity contribution is -0.118. The van der Waals surface area contributed by atoms with E-state index in [9.17, 15) is 45.3 Å². The number of aliphatic hydroxyl groups excluding tert-OH is 7. The van der Waals surface area contributed by atoms with Gasteiger partial charge in [-0.25, -0.2) is 0 Å². The van der Waals surface area contributed by atoms with Gasteiger partial charge in [0.15, 0.2) is 11.7 Å². The number of carbonyl (C=O) groups is 2. The van der Waals surface area contributed by atoms with Crippen molar-refractivity contribution in [1.82, 2.24) is 10.2 Å². The Morgan fingerprint density at radius 1 is 1.00 bits per heavy atom. The van der Waals surface area contributed by atoms with E-state index in [4.69, 9.17) is 11.1 Å². The number of nitrogens with zero attached hydrogens (tertiary/aromatic N) is 1. The summed E-state index contributed by atoms with van der Waals surface area (Å²) in [6.07, 6.45) is 16.2. The Morgan fingerprint density at radius 3 is 2.37 bits per heavy atom. The van der Waals surface area contributed by atoms with Gasteiger partial charge < -0.3 is 51.7 Å². The van der Waals surface area contributed by atoms with Gasteiger partial charge in [0.05, 0.1) is 43.2 Å². The summed E-state index contributed by atoms with van der Waals surface area (Å²) in [6, 6.07) is 0.0588. The van der Waals surface area contributed by atoms with Gasteiger partial charge in [-0.3, -0.25) is 15.0 Å². The van der Waals surface area contributed by atoms with Crippen LogP contribution in [0.4, 0.5) is 0 Å². The van der Waals surface area contributed by atoms with E-state index in [1.54, 1.807) is 36.5 Å². The van der Waals surface area contributed by atoms with E-state index in [0.29, 0.717) is 37.7 Å². The first-order valence-corrected chi connectivity index (χ1v) is 21.7. The van der Waals surface area contributed by atoms with Crippen molar-refractivity contribution in [2.24, 2.45) is 40.7 Å². The van der Waals surface area contributed by atoms with Crippen molar-refractivity contribution in [3.63, 3.8) is 0 Å². The number of nitrogens with one attached hydrogen (secondary N) is 2. The fraction of sp³-hybridized carbons (Fsp3) is 0.674. The normalized spacial score (nSPS) is 31.2. The summed E-state index contributed by atoms with van der Waals surface area (Å²) in [5.74, 6) is -2.23. The van der Waals surface area contributed by atoms with Crippen molar-refractivity contribution in [1.29, 1.82) is 5.41 Å². The second kappa shape index (κ2) is 21.8. The van der Waals surface area contributed by atoms with Gasteiger partial charge in [-0.15, -0.1) is 0 Å². The first-order chi connectivity index (χ1) is 27.9. The molecule has 11 N–H and O–H groups in total. The molecule has 330 valence electrons. The summed E-state index contributed by atoms with van der Waals surface area (Å²) in [6.45, 7) is 10.1. The number of amides is 1. The highest BCUT2D eigenvalue weighted by Crippen LogP contribution is 2.58. The minimum absolute atomic E-state index is 0.0315. The second-order valence-corrected chi connectivity index (χ2v) is 17.9. The Balaban J connectivity index is 1.25. The maximum absolute atomic E-state index is 12.8. The fourth-order valence-corrected chi connectivity index (χ4v) is 9.89. The van der Waals surface area contributed by atoms with Gasteiger partial charge in [-0.05, 0) is 101 Å². The summed E-state index contributed by atoms with van der Waals surface area (Å²) in [5.41, 5.74) is 6.20. The zero-order valence-corrected chi connectivity index (χ0v) is 35.7. The van der Waals surface area contributed by atoms with Gasteiger partial charge in [-0.1, -0.05) is 81.4 Å². The molecule has 13 nitrogen and oxygen atoms in total. The number of hydrogen-bond donors (Lipinski definition) is 10. The highest BCUT2D eigenvalue weighted by molar-refractivity contribution is 6.25. The quantitative estimate of drug-likeness (QED) is 0.0221. The van der Waals surface area contributed by atoms with Gasteiger partial charge in [0.25, 0.3) is 5.91 Å². The molecule has 0 aromatic carbocycles. The van der Waals surface area contributed by atoms with Crippen molar-refractivity contribution in [3.8, 4) is 0 Å². The molecule has 2 aliphatic heterocycles. The van der Waals surface area contributed by atoms with Crippen LogP contribution in [0.5, 0.6) is 0 Å². The predicted molar refractivity (Wildman–Crippen MR) is 229 cm³/mol. The van der Waals surface area contributed by atoms with Gasteiger partial charge in [0, 0.05) is 29.8 Å². The maximum Gasteiger partial charge on any atom is 0.258 e. The number of Topliss-reactive ketones (excluding diaryl/α,β-unsaturated/α-hetero) is 1. The molecule has 3 fully saturated rings. The number of ketones is 1. The van der Waals surface area contributed by atoms with E-state index < -0.39 is 53.7 Å². The molecule has 2 heterocycles. The van der Waals surface area contributed by atoms with Crippen LogP contribution in [0, 0.1) is 40.4 Å². The lowest BCUT2D eigenvalue weighted by Crippen LogP contribution is -2.50. The average Bonchev–Trinajstić information content (AvgIpc) is 3.80. The third-order valence-electron chi connectivity index (χ3n) is 13.6. The molecule has 0 radical (unpaired) electrons. The van der Waals surface area contributed by atoms with Crippen molar-refractivity contribution in [2.45, 2.75) is 148 Å². The lowest BCUT2D eigenvalue weighted by atomic mass is 9.52. The summed E-state index contributed by atoms with van der Waals surface area (Å²) >= 11 is 0. The first kappa shape index (κ1) is 48.1. The highest BCUT2D eigenvalue weighted by atomic mass is 16.3. The van der Waals surface area contributed by atoms with Crippen molar-refractivity contribution >= 4 is 17.6 Å². The Hall–Kier alpha value is -3.59. The number of carbonyl (C=O) groups excluding carboxylic acids is 2. The molecule has 59 heavy (non-hydrogen) atoms. The SMILES string of the molecule is CC1=C[C@H]2[C@@H](CCC[C@@H]2O)[C@](C)(C(O)=C2C(=O)CNC2=O)[C@H]1CC[C@H](C)[C@@H](O)/C(C)=C/C[C@H](O)/C=C/[C@H](C)[C@@H](O)/C=C/C[C@H](O)/C=C/C[C@@H](O)C[C@H]1CCCN1C(=N)N. The Labute approximate surface area is 350 Å². The van der Waals surface area contributed by atoms with Gasteiger partial charge in [0.1, 0.15) is 11.3 Å². The molecule has 0 aromatic heterocycles. The molecular formula is C46H72N4O9. The third kappa shape index (κ3) is 12.3. The Morgan fingerprint density at radius 2 is 1.69 bits per heavy atom. The standard InChI is InChI=1S/C46H72N4O9/c1-27(38(54)15-7-12-32(51)11-6-13-34(53)25-31-10-9-23-50(31)45(47)48)17-20-33(52)21-18-28(2)42(57)29(3)19-22-36-30(4)24-35-37(14-8-16-39(35)55)46(36,5)43(58)41-40(56)26-49-44(41)59/h6-7,11,15,17-18,20,24,27,29,31-39,42,51-55,57-58H,8-10,12-14,16,19,21-23,25-26H2,1-5H3,(H3,47,48)(H,49,59)/b11-6+,15-7+,20-17+,28-18+,43-41?/t27-,29-,31+,32+,33+,34+,35-,36-,37+,38-,39-,42-,46+/m0/s1. The van der Waals surface area contributed by atoms with E-state index in [0.717, 1.165) is 37.8 Å². The third-order valence-corrected chi connectivity index (χ3v) is 13.6. The molecule has 2 saturated heterocycles. The molecule has 0 spiro atoms. The number of likely N-dealkylation sites (tertiary alicyclic amines) is 1. The summed E-state index contributed by atoms with van der Waals surface area (Å²) in [7, 11) is 0. The number of allylic oxidation sites excluding steroid dienone is 2. The number of guanidine groups is 1. The van der Waals surface area contributed by atoms with Crippen LogP contribution in [0.1, 0.15) is 105 Å². The second-order valence-electron chi connectivity index (χ2n) is 17.9. The van der Waals surface area contributed by atoms with Crippen molar-refractivity contribution in [2.75, 3.05) is 13.1 Å². The van der Waals surface area contributed by atoms with Gasteiger partial charge in [0.2, 0.25) is 0 Å². The molecule has 4 rings (SSSR count). The number of aliphatic hydroxyl groups is 7. The minimum atomic E-state index is -0.953. The van der Waals surface area contributed by atoms with Crippen molar-refractivity contribution < 1.29 is 45.3 Å². The zero-order valence-electron chi connectivity index (χ0n) is 35.7. The molecule has 1 amide bonds. The van der Waals surface area contributed by atoms with Crippen LogP contribution in [-0.2, 0) is 9.59 Å². The molecule has 0 aromatic rings. The van der Waals surface area contributed by atoms with E-state index in [1.807, 2.05) is 45.6 Å². The monoisotopic (exact) mass is 825 g/mol. The van der Waals surface area contributed by atoms with Crippen LogP contribution in [0.25, 0.3) is 0 Å². The molecule has 0 unspecified atom stereocenters. The molecular weight excluding hydrogens is 753 g/mol. The summed E-state index contributed by atoms with van der Waals surface area (Å²) in [4.78, 5) is 27.3. The highest BCUT2D eigenvalue weighted by Gasteiger charge is 2.55. The molecule has 2 aliphatic carbocycles. The molecule has 1 saturated carbocycles. The number of rotatable bonds is 19. The van der Waals surface area contributed by atoms with Crippen LogP contribution in [0.15, 0.2) is 71.1 Å². The van der Waals surface area contributed by atoms with E-state index >= 15 is 0 Å². The predicted octanol–water partition coefficient (Wildman–Crippen LogP) is 4.25. The molecule has 13 heteroatoms. The van der Waals surface area contributed by atoms with Gasteiger partial charge in [-0.2, -0.15) is 0 Å². The Bertz CT molecular complexity index is 1640. The molecule has 0 bridgehead atoms. The van der Waals surface area contributed by atoms with Crippen LogP contribution >= 0.6 is 0 Å². The minimum Gasteiger partial charge on any atom is -0.511 e. The van der Waals surface area contributed by atoms with Crippen LogP contribution in [-0.4, -0.2) is 114 Å². The van der Waals surface area contributed by atoms with Crippen LogP contribution in [0.2, 0.25) is 0 Å². The smallest absolute Gasteiger partial charge is 0.258 e. The fourth-order valence-electron chi connectivity index (χ4n) is 9.89. The number of fused-ring (bicyclic) bond motifs is 1. The van der Waals surface area contributed by atoms with Crippen molar-refractivity contribution in [3.05, 3.63) is 71.1 Å². The largest absolute Gasteiger partial charge is 0.511 e. The number of hydrogen-bond acceptors (Lipinski definition) is 10. The summed E-state index contributed by atoms with van der Waals surface area (Å²) in [5, 5.41) is 86.3. The average molecular weight is 825 g/mol. The van der Waals surface area contributed by atoms with E-state index in [1.165, 1.54) is 0 Å². The lowest BCUT2D eigenvalue weighted by Gasteiger charge is -2.53. The first-order valence-electron chi connectivity index (χ1n) is 21.7. The zero-order chi connectivity index (χ0) is 43.6. The van der Waals surface area contributed by atoms with E-state index in [-0.39, 0.29) is 72.3 Å². The summed E-state index contributed by atoms with van der Waals surface area (Å²) < 4.78 is 0. The Kier molecular flexibility index (Phi) is 17.8. The van der Waals surface area contributed by atoms with Crippen LogP contribution < -0.4 is 11.1 Å².